The first-order chi connectivity index (χ1) is 7.25. The standard InChI is InChI=1S/C9H6N2O3S/c12-11(13)7-1-3-8(4-2-7)14-9-5-6-15-10-9/h1-6H. The molecule has 0 aliphatic carbocycles. The normalized spacial score (nSPS) is 9.87. The van der Waals surface area contributed by atoms with Crippen LogP contribution < -0.4 is 4.74 Å². The molecule has 0 atom stereocenters. The minimum Gasteiger partial charge on any atom is -0.438 e. The Morgan fingerprint density at radius 3 is 2.53 bits per heavy atom. The highest BCUT2D eigenvalue weighted by Crippen LogP contribution is 2.22. The van der Waals surface area contributed by atoms with Crippen molar-refractivity contribution in [3.8, 4) is 11.6 Å². The van der Waals surface area contributed by atoms with E-state index >= 15 is 0 Å². The van der Waals surface area contributed by atoms with Crippen LogP contribution in [-0.4, -0.2) is 9.30 Å². The predicted molar refractivity (Wildman–Crippen MR) is 55.3 cm³/mol. The SMILES string of the molecule is O=[N+]([O-])c1ccc(Oc2ccsn2)cc1. The molecule has 2 rings (SSSR count). The van der Waals surface area contributed by atoms with Gasteiger partial charge in [-0.05, 0) is 23.7 Å². The molecular formula is C9H6N2O3S. The molecule has 0 bridgehead atoms. The average molecular weight is 222 g/mol. The number of hydrogen-bond donors (Lipinski definition) is 0. The molecule has 5 nitrogen and oxygen atoms in total. The zero-order valence-electron chi connectivity index (χ0n) is 7.49. The van der Waals surface area contributed by atoms with Crippen molar-refractivity contribution in [3.05, 3.63) is 45.8 Å². The average Bonchev–Trinajstić information content (AvgIpc) is 2.71. The zero-order chi connectivity index (χ0) is 10.7. The second-order valence-electron chi connectivity index (χ2n) is 2.69. The Bertz CT molecular complexity index is 453. The van der Waals surface area contributed by atoms with Gasteiger partial charge in [-0.3, -0.25) is 10.1 Å². The summed E-state index contributed by atoms with van der Waals surface area (Å²) >= 11 is 1.28. The van der Waals surface area contributed by atoms with E-state index in [1.54, 1.807) is 11.4 Å². The second-order valence-corrected chi connectivity index (χ2v) is 3.36. The van der Waals surface area contributed by atoms with Gasteiger partial charge in [0.05, 0.1) is 4.92 Å². The van der Waals surface area contributed by atoms with Gasteiger partial charge in [0.15, 0.2) is 0 Å². The Kier molecular flexibility index (Phi) is 2.59. The summed E-state index contributed by atoms with van der Waals surface area (Å²) in [5.41, 5.74) is 0.0422. The highest BCUT2D eigenvalue weighted by atomic mass is 32.1. The van der Waals surface area contributed by atoms with Crippen molar-refractivity contribution in [2.24, 2.45) is 0 Å². The Labute approximate surface area is 89.3 Å². The fourth-order valence-electron chi connectivity index (χ4n) is 1.01. The van der Waals surface area contributed by atoms with Crippen LogP contribution in [0, 0.1) is 10.1 Å². The summed E-state index contributed by atoms with van der Waals surface area (Å²) in [7, 11) is 0. The van der Waals surface area contributed by atoms with Crippen LogP contribution in [0.4, 0.5) is 5.69 Å². The summed E-state index contributed by atoms with van der Waals surface area (Å²) in [6.07, 6.45) is 0. The van der Waals surface area contributed by atoms with Crippen LogP contribution in [0.2, 0.25) is 0 Å². The molecule has 0 amide bonds. The van der Waals surface area contributed by atoms with Gasteiger partial charge in [0.1, 0.15) is 5.75 Å². The molecule has 0 spiro atoms. The van der Waals surface area contributed by atoms with Crippen molar-refractivity contribution in [1.82, 2.24) is 4.37 Å². The maximum atomic E-state index is 10.4. The third kappa shape index (κ3) is 2.29. The zero-order valence-corrected chi connectivity index (χ0v) is 8.31. The van der Waals surface area contributed by atoms with Crippen LogP contribution in [0.5, 0.6) is 11.6 Å². The molecule has 0 fully saturated rings. The quantitative estimate of drug-likeness (QED) is 0.591. The summed E-state index contributed by atoms with van der Waals surface area (Å²) < 4.78 is 9.28. The molecule has 0 saturated heterocycles. The number of nitro benzene ring substituents is 1. The molecule has 1 heterocycles. The lowest BCUT2D eigenvalue weighted by atomic mass is 10.3. The predicted octanol–water partition coefficient (Wildman–Crippen LogP) is 2.84. The van der Waals surface area contributed by atoms with Crippen molar-refractivity contribution in [2.45, 2.75) is 0 Å². The van der Waals surface area contributed by atoms with E-state index in [1.165, 1.54) is 35.8 Å². The third-order valence-corrected chi connectivity index (χ3v) is 2.23. The summed E-state index contributed by atoms with van der Waals surface area (Å²) in [6.45, 7) is 0. The van der Waals surface area contributed by atoms with Gasteiger partial charge in [-0.15, -0.1) is 0 Å². The summed E-state index contributed by atoms with van der Waals surface area (Å²) in [5, 5.41) is 12.2. The largest absolute Gasteiger partial charge is 0.438 e. The number of nitro groups is 1. The van der Waals surface area contributed by atoms with Crippen molar-refractivity contribution in [3.63, 3.8) is 0 Å². The summed E-state index contributed by atoms with van der Waals surface area (Å²) in [6, 6.07) is 7.59. The van der Waals surface area contributed by atoms with Crippen LogP contribution in [0.3, 0.4) is 0 Å². The lowest BCUT2D eigenvalue weighted by Gasteiger charge is -2.00. The molecule has 0 aliphatic rings. The molecule has 0 saturated carbocycles. The van der Waals surface area contributed by atoms with Gasteiger partial charge >= 0.3 is 0 Å². The van der Waals surface area contributed by atoms with E-state index in [0.717, 1.165) is 0 Å². The highest BCUT2D eigenvalue weighted by molar-refractivity contribution is 7.03. The number of ether oxygens (including phenoxy) is 1. The molecule has 0 aliphatic heterocycles. The highest BCUT2D eigenvalue weighted by Gasteiger charge is 2.05. The van der Waals surface area contributed by atoms with Crippen molar-refractivity contribution in [2.75, 3.05) is 0 Å². The van der Waals surface area contributed by atoms with Crippen LogP contribution in [0.15, 0.2) is 35.7 Å². The first kappa shape index (κ1) is 9.60. The van der Waals surface area contributed by atoms with E-state index in [9.17, 15) is 10.1 Å². The van der Waals surface area contributed by atoms with Gasteiger partial charge in [-0.2, -0.15) is 4.37 Å². The van der Waals surface area contributed by atoms with E-state index < -0.39 is 4.92 Å². The van der Waals surface area contributed by atoms with E-state index in [4.69, 9.17) is 4.74 Å². The lowest BCUT2D eigenvalue weighted by molar-refractivity contribution is -0.384. The maximum absolute atomic E-state index is 10.4. The molecule has 0 radical (unpaired) electrons. The molecule has 6 heteroatoms. The molecule has 15 heavy (non-hydrogen) atoms. The molecule has 76 valence electrons. The fraction of sp³-hybridized carbons (Fsp3) is 0. The van der Waals surface area contributed by atoms with Crippen molar-refractivity contribution in [1.29, 1.82) is 0 Å². The second kappa shape index (κ2) is 4.05. The van der Waals surface area contributed by atoms with Gasteiger partial charge < -0.3 is 4.74 Å². The number of nitrogens with zero attached hydrogens (tertiary/aromatic N) is 2. The Morgan fingerprint density at radius 1 is 1.27 bits per heavy atom. The van der Waals surface area contributed by atoms with Crippen LogP contribution >= 0.6 is 11.5 Å². The number of benzene rings is 1. The molecule has 2 aromatic rings. The molecular weight excluding hydrogens is 216 g/mol. The smallest absolute Gasteiger partial charge is 0.269 e. The topological polar surface area (TPSA) is 65.3 Å². The number of aromatic nitrogens is 1. The van der Waals surface area contributed by atoms with Gasteiger partial charge in [0.2, 0.25) is 5.88 Å². The van der Waals surface area contributed by atoms with Gasteiger partial charge in [-0.1, -0.05) is 0 Å². The van der Waals surface area contributed by atoms with Gasteiger partial charge in [0.25, 0.3) is 5.69 Å². The van der Waals surface area contributed by atoms with Crippen molar-refractivity contribution >= 4 is 17.2 Å². The van der Waals surface area contributed by atoms with Gasteiger partial charge in [0, 0.05) is 23.6 Å². The number of non-ortho nitro benzene ring substituents is 1. The van der Waals surface area contributed by atoms with E-state index in [0.29, 0.717) is 11.6 Å². The Morgan fingerprint density at radius 2 is 2.00 bits per heavy atom. The van der Waals surface area contributed by atoms with E-state index in [-0.39, 0.29) is 5.69 Å². The van der Waals surface area contributed by atoms with E-state index in [2.05, 4.69) is 4.37 Å². The number of hydrogen-bond acceptors (Lipinski definition) is 5. The first-order valence-corrected chi connectivity index (χ1v) is 4.92. The Hall–Kier alpha value is -1.95. The molecule has 1 aromatic carbocycles. The minimum atomic E-state index is -0.452. The van der Waals surface area contributed by atoms with E-state index in [1.807, 2.05) is 0 Å². The third-order valence-electron chi connectivity index (χ3n) is 1.68. The summed E-state index contributed by atoms with van der Waals surface area (Å²) in [5.74, 6) is 1.03. The summed E-state index contributed by atoms with van der Waals surface area (Å²) in [4.78, 5) is 9.93. The molecule has 1 aromatic heterocycles. The molecule has 0 N–H and O–H groups in total. The monoisotopic (exact) mass is 222 g/mol. The van der Waals surface area contributed by atoms with Crippen LogP contribution in [-0.2, 0) is 0 Å². The maximum Gasteiger partial charge on any atom is 0.269 e. The van der Waals surface area contributed by atoms with Crippen LogP contribution in [0.1, 0.15) is 0 Å². The van der Waals surface area contributed by atoms with Crippen molar-refractivity contribution < 1.29 is 9.66 Å². The molecule has 0 unspecified atom stereocenters. The lowest BCUT2D eigenvalue weighted by Crippen LogP contribution is -1.88. The Balaban J connectivity index is 2.14. The van der Waals surface area contributed by atoms with Crippen LogP contribution in [0.25, 0.3) is 0 Å². The fourth-order valence-corrected chi connectivity index (χ4v) is 1.45. The first-order valence-electron chi connectivity index (χ1n) is 4.08. The number of rotatable bonds is 3. The van der Waals surface area contributed by atoms with Gasteiger partial charge in [-0.25, -0.2) is 0 Å². The minimum absolute atomic E-state index is 0.0422.